The smallest absolute Gasteiger partial charge is 0.194 e. The number of ether oxygens (including phenoxy) is 1. The van der Waals surface area contributed by atoms with Gasteiger partial charge in [0.2, 0.25) is 0 Å². The summed E-state index contributed by atoms with van der Waals surface area (Å²) in [5, 5.41) is 7.55. The number of hydrogen-bond acceptors (Lipinski definition) is 5. The molecule has 1 aromatic rings. The molecule has 28 heavy (non-hydrogen) atoms. The number of halogens is 1. The highest BCUT2D eigenvalue weighted by atomic mass is 127. The van der Waals surface area contributed by atoms with Crippen LogP contribution in [0.4, 0.5) is 0 Å². The molecule has 1 aliphatic heterocycles. The van der Waals surface area contributed by atoms with Crippen molar-refractivity contribution in [3.8, 4) is 0 Å². The molecule has 1 saturated heterocycles. The molecule has 0 bridgehead atoms. The molecule has 1 aliphatic rings. The Balaban J connectivity index is 0.00000392. The number of hydrogen-bond donors (Lipinski definition) is 1. The minimum atomic E-state index is 0. The average Bonchev–Trinajstić information content (AvgIpc) is 3.05. The van der Waals surface area contributed by atoms with Gasteiger partial charge in [-0.15, -0.1) is 24.0 Å². The van der Waals surface area contributed by atoms with Crippen LogP contribution in [0, 0.1) is 12.8 Å². The predicted octanol–water partition coefficient (Wildman–Crippen LogP) is 3.14. The van der Waals surface area contributed by atoms with E-state index in [4.69, 9.17) is 14.3 Å². The van der Waals surface area contributed by atoms with Crippen LogP contribution in [-0.2, 0) is 11.3 Å². The van der Waals surface area contributed by atoms with Crippen molar-refractivity contribution in [2.75, 3.05) is 45.9 Å². The third-order valence-corrected chi connectivity index (χ3v) is 4.87. The molecule has 1 atom stereocenters. The van der Waals surface area contributed by atoms with E-state index in [-0.39, 0.29) is 30.1 Å². The first-order chi connectivity index (χ1) is 13.0. The molecule has 162 valence electrons. The summed E-state index contributed by atoms with van der Waals surface area (Å²) >= 11 is 0. The summed E-state index contributed by atoms with van der Waals surface area (Å²) in [6.45, 7) is 17.8. The molecule has 2 rings (SSSR count). The quantitative estimate of drug-likeness (QED) is 0.315. The second-order valence-corrected chi connectivity index (χ2v) is 7.45. The lowest BCUT2D eigenvalue weighted by molar-refractivity contribution is 0.0266. The Morgan fingerprint density at radius 3 is 2.54 bits per heavy atom. The van der Waals surface area contributed by atoms with Gasteiger partial charge in [-0.25, -0.2) is 0 Å². The summed E-state index contributed by atoms with van der Waals surface area (Å²) in [5.74, 6) is 2.41. The molecule has 8 heteroatoms. The molecule has 1 N–H and O–H groups in total. The lowest BCUT2D eigenvalue weighted by Gasteiger charge is -2.36. The fraction of sp³-hybridized carbons (Fsp3) is 0.800. The first kappa shape index (κ1) is 25.2. The minimum absolute atomic E-state index is 0. The Kier molecular flexibility index (Phi) is 12.0. The Bertz CT molecular complexity index is 571. The zero-order chi connectivity index (χ0) is 19.6. The molecule has 2 heterocycles. The van der Waals surface area contributed by atoms with Gasteiger partial charge in [-0.1, -0.05) is 19.0 Å². The first-order valence-electron chi connectivity index (χ1n) is 10.3. The molecule has 0 saturated carbocycles. The zero-order valence-corrected chi connectivity index (χ0v) is 20.4. The van der Waals surface area contributed by atoms with E-state index in [0.717, 1.165) is 76.3 Å². The van der Waals surface area contributed by atoms with Crippen LogP contribution in [0.5, 0.6) is 0 Å². The second kappa shape index (κ2) is 13.4. The van der Waals surface area contributed by atoms with E-state index < -0.39 is 0 Å². The maximum absolute atomic E-state index is 5.84. The zero-order valence-electron chi connectivity index (χ0n) is 18.1. The van der Waals surface area contributed by atoms with Gasteiger partial charge in [-0.3, -0.25) is 9.89 Å². The normalized spacial score (nSPS) is 16.9. The summed E-state index contributed by atoms with van der Waals surface area (Å²) in [7, 11) is 0. The molecule has 1 fully saturated rings. The van der Waals surface area contributed by atoms with Gasteiger partial charge >= 0.3 is 0 Å². The highest BCUT2D eigenvalue weighted by molar-refractivity contribution is 14.0. The SMILES string of the molecule is CCNC(=NCCC(OCC)C(C)C)N1CCN(Cc2cc(C)on2)CC1.I. The highest BCUT2D eigenvalue weighted by Crippen LogP contribution is 2.12. The summed E-state index contributed by atoms with van der Waals surface area (Å²) in [6.07, 6.45) is 1.25. The van der Waals surface area contributed by atoms with Gasteiger partial charge < -0.3 is 19.5 Å². The average molecular weight is 507 g/mol. The molecular weight excluding hydrogens is 469 g/mol. The lowest BCUT2D eigenvalue weighted by atomic mass is 10.0. The molecule has 0 aromatic carbocycles. The number of aliphatic imine (C=N–C) groups is 1. The minimum Gasteiger partial charge on any atom is -0.378 e. The fourth-order valence-corrected chi connectivity index (χ4v) is 3.39. The molecule has 1 unspecified atom stereocenters. The summed E-state index contributed by atoms with van der Waals surface area (Å²) < 4.78 is 11.0. The van der Waals surface area contributed by atoms with E-state index in [9.17, 15) is 0 Å². The number of nitrogens with zero attached hydrogens (tertiary/aromatic N) is 4. The van der Waals surface area contributed by atoms with Gasteiger partial charge in [-0.2, -0.15) is 0 Å². The number of guanidine groups is 1. The molecule has 0 radical (unpaired) electrons. The van der Waals surface area contributed by atoms with E-state index >= 15 is 0 Å². The van der Waals surface area contributed by atoms with Crippen LogP contribution < -0.4 is 5.32 Å². The van der Waals surface area contributed by atoms with Crippen LogP contribution in [0.1, 0.15) is 45.6 Å². The van der Waals surface area contributed by atoms with Crippen molar-refractivity contribution in [1.82, 2.24) is 20.3 Å². The summed E-state index contributed by atoms with van der Waals surface area (Å²) in [5.41, 5.74) is 1.01. The first-order valence-corrected chi connectivity index (χ1v) is 10.3. The van der Waals surface area contributed by atoms with Crippen molar-refractivity contribution in [3.63, 3.8) is 0 Å². The molecule has 0 aliphatic carbocycles. The van der Waals surface area contributed by atoms with Crippen LogP contribution in [0.3, 0.4) is 0 Å². The third-order valence-electron chi connectivity index (χ3n) is 4.87. The van der Waals surface area contributed by atoms with Gasteiger partial charge in [0.1, 0.15) is 5.76 Å². The van der Waals surface area contributed by atoms with E-state index in [2.05, 4.69) is 48.0 Å². The molecular formula is C20H38IN5O2. The van der Waals surface area contributed by atoms with Crippen molar-refractivity contribution >= 4 is 29.9 Å². The van der Waals surface area contributed by atoms with Crippen molar-refractivity contribution in [2.45, 2.75) is 53.7 Å². The van der Waals surface area contributed by atoms with Gasteiger partial charge in [-0.05, 0) is 33.1 Å². The van der Waals surface area contributed by atoms with E-state index in [1.807, 2.05) is 13.0 Å². The number of piperazine rings is 1. The van der Waals surface area contributed by atoms with Gasteiger partial charge in [0.05, 0.1) is 11.8 Å². The van der Waals surface area contributed by atoms with Gasteiger partial charge in [0, 0.05) is 58.5 Å². The predicted molar refractivity (Wildman–Crippen MR) is 124 cm³/mol. The van der Waals surface area contributed by atoms with Crippen LogP contribution in [0.15, 0.2) is 15.6 Å². The monoisotopic (exact) mass is 507 g/mol. The van der Waals surface area contributed by atoms with Crippen molar-refractivity contribution in [1.29, 1.82) is 0 Å². The largest absolute Gasteiger partial charge is 0.378 e. The number of rotatable bonds is 9. The summed E-state index contributed by atoms with van der Waals surface area (Å²) in [4.78, 5) is 9.64. The Morgan fingerprint density at radius 1 is 1.29 bits per heavy atom. The van der Waals surface area contributed by atoms with Crippen molar-refractivity contribution in [3.05, 3.63) is 17.5 Å². The van der Waals surface area contributed by atoms with E-state index in [1.54, 1.807) is 0 Å². The van der Waals surface area contributed by atoms with E-state index in [0.29, 0.717) is 5.92 Å². The maximum atomic E-state index is 5.84. The Hall–Kier alpha value is -0.870. The standard InChI is InChI=1S/C20H37N5O2.HI/c1-6-21-20(22-9-8-19(16(3)4)26-7-2)25-12-10-24(11-13-25)15-18-14-17(5)27-23-18;/h14,16,19H,6-13,15H2,1-5H3,(H,21,22);1H. The Labute approximate surface area is 187 Å². The van der Waals surface area contributed by atoms with Crippen LogP contribution >= 0.6 is 24.0 Å². The highest BCUT2D eigenvalue weighted by Gasteiger charge is 2.21. The fourth-order valence-electron chi connectivity index (χ4n) is 3.39. The van der Waals surface area contributed by atoms with Crippen molar-refractivity contribution in [2.24, 2.45) is 10.9 Å². The summed E-state index contributed by atoms with van der Waals surface area (Å²) in [6, 6.07) is 2.02. The lowest BCUT2D eigenvalue weighted by Crippen LogP contribution is -2.52. The van der Waals surface area contributed by atoms with E-state index in [1.165, 1.54) is 0 Å². The second-order valence-electron chi connectivity index (χ2n) is 7.45. The van der Waals surface area contributed by atoms with Crippen LogP contribution in [0.2, 0.25) is 0 Å². The van der Waals surface area contributed by atoms with Crippen LogP contribution in [-0.4, -0.2) is 72.9 Å². The third kappa shape index (κ3) is 8.24. The number of aryl methyl sites for hydroxylation is 1. The number of aromatic nitrogens is 1. The molecule has 7 nitrogen and oxygen atoms in total. The topological polar surface area (TPSA) is 66.1 Å². The van der Waals surface area contributed by atoms with Crippen molar-refractivity contribution < 1.29 is 9.26 Å². The van der Waals surface area contributed by atoms with Gasteiger partial charge in [0.25, 0.3) is 0 Å². The molecule has 1 aromatic heterocycles. The maximum Gasteiger partial charge on any atom is 0.194 e. The Morgan fingerprint density at radius 2 is 2.00 bits per heavy atom. The molecule has 0 amide bonds. The van der Waals surface area contributed by atoms with Crippen LogP contribution in [0.25, 0.3) is 0 Å². The van der Waals surface area contributed by atoms with Gasteiger partial charge in [0.15, 0.2) is 5.96 Å². The molecule has 0 spiro atoms. The number of nitrogens with one attached hydrogen (secondary N) is 1.